The molecule has 3 heteroatoms. The lowest BCUT2D eigenvalue weighted by atomic mass is 10.1. The van der Waals surface area contributed by atoms with Gasteiger partial charge in [-0.3, -0.25) is 0 Å². The van der Waals surface area contributed by atoms with Crippen molar-refractivity contribution in [2.75, 3.05) is 5.32 Å². The summed E-state index contributed by atoms with van der Waals surface area (Å²) in [7, 11) is 0. The molecule has 0 aliphatic rings. The van der Waals surface area contributed by atoms with Crippen molar-refractivity contribution in [3.8, 4) is 12.3 Å². The monoisotopic (exact) mass is 238 g/mol. The molecule has 1 aromatic heterocycles. The van der Waals surface area contributed by atoms with Crippen molar-refractivity contribution in [3.05, 3.63) is 22.8 Å². The lowest BCUT2D eigenvalue weighted by molar-refractivity contribution is 0.735. The number of hydrogen-bond donors (Lipinski definition) is 1. The van der Waals surface area contributed by atoms with Gasteiger partial charge in [0.05, 0.1) is 10.0 Å². The molecule has 0 aliphatic heterocycles. The van der Waals surface area contributed by atoms with Gasteiger partial charge in [-0.1, -0.05) is 5.92 Å². The third-order valence-corrected chi connectivity index (χ3v) is 2.19. The van der Waals surface area contributed by atoms with Gasteiger partial charge >= 0.3 is 0 Å². The zero-order valence-electron chi connectivity index (χ0n) is 7.63. The van der Waals surface area contributed by atoms with E-state index >= 15 is 0 Å². The third-order valence-electron chi connectivity index (χ3n) is 1.55. The van der Waals surface area contributed by atoms with Crippen molar-refractivity contribution in [1.29, 1.82) is 0 Å². The van der Waals surface area contributed by atoms with E-state index in [1.165, 1.54) is 0 Å². The Labute approximate surface area is 86.9 Å². The molecule has 0 saturated heterocycles. The molecule has 0 aliphatic carbocycles. The predicted octanol–water partition coefficient (Wildman–Crippen LogP) is 2.67. The second-order valence-electron chi connectivity index (χ2n) is 3.23. The Balaban J connectivity index is 2.88. The van der Waals surface area contributed by atoms with E-state index in [0.717, 1.165) is 10.3 Å². The highest BCUT2D eigenvalue weighted by Gasteiger charge is 2.14. The van der Waals surface area contributed by atoms with Gasteiger partial charge in [-0.05, 0) is 41.9 Å². The molecular formula is C10H11BrN2. The van der Waals surface area contributed by atoms with Crippen LogP contribution in [0.3, 0.4) is 0 Å². The number of nitrogens with zero attached hydrogens (tertiary/aromatic N) is 1. The first-order valence-corrected chi connectivity index (χ1v) is 4.71. The fraction of sp³-hybridized carbons (Fsp3) is 0.300. The van der Waals surface area contributed by atoms with Gasteiger partial charge in [0, 0.05) is 6.20 Å². The lowest BCUT2D eigenvalue weighted by Gasteiger charge is -2.20. The second kappa shape index (κ2) is 3.80. The maximum absolute atomic E-state index is 5.35. The SMILES string of the molecule is C#CC(C)(C)Nc1ncccc1Br. The Hall–Kier alpha value is -1.01. The van der Waals surface area contributed by atoms with Crippen LogP contribution < -0.4 is 5.32 Å². The molecule has 1 heterocycles. The van der Waals surface area contributed by atoms with Gasteiger partial charge in [0.15, 0.2) is 0 Å². The van der Waals surface area contributed by atoms with Gasteiger partial charge in [0.25, 0.3) is 0 Å². The minimum atomic E-state index is -0.378. The molecule has 13 heavy (non-hydrogen) atoms. The van der Waals surface area contributed by atoms with Crippen LogP contribution in [0.15, 0.2) is 22.8 Å². The summed E-state index contributed by atoms with van der Waals surface area (Å²) in [5.74, 6) is 3.41. The average molecular weight is 239 g/mol. The zero-order valence-corrected chi connectivity index (χ0v) is 9.22. The molecule has 2 nitrogen and oxygen atoms in total. The summed E-state index contributed by atoms with van der Waals surface area (Å²) in [4.78, 5) is 4.16. The Morgan fingerprint density at radius 1 is 1.62 bits per heavy atom. The maximum atomic E-state index is 5.35. The molecule has 0 unspecified atom stereocenters. The van der Waals surface area contributed by atoms with Gasteiger partial charge in [0.2, 0.25) is 0 Å². The molecule has 0 saturated carbocycles. The molecule has 1 rings (SSSR count). The third kappa shape index (κ3) is 2.74. The summed E-state index contributed by atoms with van der Waals surface area (Å²) in [5.41, 5.74) is -0.378. The van der Waals surface area contributed by atoms with Crippen molar-refractivity contribution >= 4 is 21.7 Å². The first-order valence-electron chi connectivity index (χ1n) is 3.91. The summed E-state index contributed by atoms with van der Waals surface area (Å²) >= 11 is 3.38. The molecule has 0 amide bonds. The van der Waals surface area contributed by atoms with Crippen LogP contribution in [0.2, 0.25) is 0 Å². The predicted molar refractivity (Wildman–Crippen MR) is 58.5 cm³/mol. The first kappa shape index (κ1) is 10.1. The number of nitrogens with one attached hydrogen (secondary N) is 1. The molecule has 0 fully saturated rings. The van der Waals surface area contributed by atoms with Crippen LogP contribution in [0.1, 0.15) is 13.8 Å². The van der Waals surface area contributed by atoms with Crippen molar-refractivity contribution in [2.24, 2.45) is 0 Å². The number of hydrogen-bond acceptors (Lipinski definition) is 2. The minimum absolute atomic E-state index is 0.378. The Bertz CT molecular complexity index is 339. The number of pyridine rings is 1. The van der Waals surface area contributed by atoms with Crippen molar-refractivity contribution in [3.63, 3.8) is 0 Å². The maximum Gasteiger partial charge on any atom is 0.141 e. The second-order valence-corrected chi connectivity index (χ2v) is 4.08. The van der Waals surface area contributed by atoms with Gasteiger partial charge in [0.1, 0.15) is 5.82 Å². The summed E-state index contributed by atoms with van der Waals surface area (Å²) in [6, 6.07) is 3.78. The number of anilines is 1. The Morgan fingerprint density at radius 3 is 2.85 bits per heavy atom. The van der Waals surface area contributed by atoms with Crippen molar-refractivity contribution in [1.82, 2.24) is 4.98 Å². The van der Waals surface area contributed by atoms with E-state index in [1.54, 1.807) is 6.20 Å². The van der Waals surface area contributed by atoms with Gasteiger partial charge < -0.3 is 5.32 Å². The van der Waals surface area contributed by atoms with E-state index < -0.39 is 0 Å². The van der Waals surface area contributed by atoms with Crippen LogP contribution >= 0.6 is 15.9 Å². The normalized spacial score (nSPS) is 10.6. The fourth-order valence-electron chi connectivity index (χ4n) is 0.810. The highest BCUT2D eigenvalue weighted by atomic mass is 79.9. The molecular weight excluding hydrogens is 228 g/mol. The molecule has 0 bridgehead atoms. The van der Waals surface area contributed by atoms with Crippen LogP contribution in [0.5, 0.6) is 0 Å². The van der Waals surface area contributed by atoms with Crippen molar-refractivity contribution in [2.45, 2.75) is 19.4 Å². The Kier molecular flexibility index (Phi) is 2.94. The molecule has 1 N–H and O–H groups in total. The number of rotatable bonds is 2. The van der Waals surface area contributed by atoms with E-state index in [9.17, 15) is 0 Å². The molecule has 68 valence electrons. The van der Waals surface area contributed by atoms with E-state index in [2.05, 4.69) is 32.2 Å². The summed E-state index contributed by atoms with van der Waals surface area (Å²) in [5, 5.41) is 3.14. The van der Waals surface area contributed by atoms with E-state index in [0.29, 0.717) is 0 Å². The number of terminal acetylenes is 1. The van der Waals surface area contributed by atoms with Crippen LogP contribution in [0.4, 0.5) is 5.82 Å². The first-order chi connectivity index (χ1) is 6.05. The van der Waals surface area contributed by atoms with Crippen LogP contribution in [0.25, 0.3) is 0 Å². The largest absolute Gasteiger partial charge is 0.353 e. The topological polar surface area (TPSA) is 24.9 Å². The number of aromatic nitrogens is 1. The number of halogens is 1. The lowest BCUT2D eigenvalue weighted by Crippen LogP contribution is -2.29. The average Bonchev–Trinajstić information content (AvgIpc) is 2.09. The molecule has 0 aromatic carbocycles. The summed E-state index contributed by atoms with van der Waals surface area (Å²) in [6.07, 6.45) is 7.07. The highest BCUT2D eigenvalue weighted by Crippen LogP contribution is 2.21. The fourth-order valence-corrected chi connectivity index (χ4v) is 1.16. The highest BCUT2D eigenvalue weighted by molar-refractivity contribution is 9.10. The van der Waals surface area contributed by atoms with Gasteiger partial charge in [-0.25, -0.2) is 4.98 Å². The molecule has 0 radical (unpaired) electrons. The van der Waals surface area contributed by atoms with E-state index in [-0.39, 0.29) is 5.54 Å². The minimum Gasteiger partial charge on any atom is -0.353 e. The molecule has 1 aromatic rings. The van der Waals surface area contributed by atoms with Crippen molar-refractivity contribution < 1.29 is 0 Å². The Morgan fingerprint density at radius 2 is 2.31 bits per heavy atom. The standard InChI is InChI=1S/C10H11BrN2/c1-4-10(2,3)13-9-8(11)6-5-7-12-9/h1,5-7H,2-3H3,(H,12,13). The zero-order chi connectivity index (χ0) is 9.90. The van der Waals surface area contributed by atoms with Gasteiger partial charge in [-0.15, -0.1) is 6.42 Å². The van der Waals surface area contributed by atoms with E-state index in [4.69, 9.17) is 6.42 Å². The quantitative estimate of drug-likeness (QED) is 0.802. The van der Waals surface area contributed by atoms with Crippen LogP contribution in [-0.2, 0) is 0 Å². The smallest absolute Gasteiger partial charge is 0.141 e. The summed E-state index contributed by atoms with van der Waals surface area (Å²) in [6.45, 7) is 3.85. The van der Waals surface area contributed by atoms with Gasteiger partial charge in [-0.2, -0.15) is 0 Å². The van der Waals surface area contributed by atoms with E-state index in [1.807, 2.05) is 26.0 Å². The summed E-state index contributed by atoms with van der Waals surface area (Å²) < 4.78 is 0.915. The van der Waals surface area contributed by atoms with Crippen LogP contribution in [-0.4, -0.2) is 10.5 Å². The molecule has 0 atom stereocenters. The van der Waals surface area contributed by atoms with Crippen LogP contribution in [0, 0.1) is 12.3 Å². The molecule has 0 spiro atoms.